The Morgan fingerprint density at radius 1 is 1.16 bits per heavy atom. The molecule has 3 amide bonds. The molecule has 1 N–H and O–H groups in total. The standard InChI is InChI=1S/C19H19ClN2O3/c1-12(2)17-16(13-7-4-3-5-8-13)22(19(24)25-17)18(23)21-15-10-6-9-14(20)11-15/h3-12,16-17H,1-2H3,(H,21,23). The van der Waals surface area contributed by atoms with Crippen LogP contribution in [0.2, 0.25) is 5.02 Å². The maximum Gasteiger partial charge on any atom is 0.419 e. The molecule has 1 saturated heterocycles. The van der Waals surface area contributed by atoms with Gasteiger partial charge in [0, 0.05) is 10.7 Å². The van der Waals surface area contributed by atoms with Gasteiger partial charge in [0.2, 0.25) is 0 Å². The van der Waals surface area contributed by atoms with E-state index in [0.29, 0.717) is 10.7 Å². The van der Waals surface area contributed by atoms with E-state index in [1.165, 1.54) is 0 Å². The first-order valence-corrected chi connectivity index (χ1v) is 8.46. The minimum absolute atomic E-state index is 0.0677. The van der Waals surface area contributed by atoms with Gasteiger partial charge in [-0.2, -0.15) is 0 Å². The second kappa shape index (κ2) is 7.15. The summed E-state index contributed by atoms with van der Waals surface area (Å²) in [5.74, 6) is 0.0677. The smallest absolute Gasteiger partial charge is 0.419 e. The number of carbonyl (C=O) groups is 2. The van der Waals surface area contributed by atoms with Crippen LogP contribution in [-0.4, -0.2) is 23.1 Å². The molecule has 0 aliphatic carbocycles. The molecule has 3 rings (SSSR count). The summed E-state index contributed by atoms with van der Waals surface area (Å²) in [5, 5.41) is 3.22. The number of nitrogens with one attached hydrogen (secondary N) is 1. The number of cyclic esters (lactones) is 1. The van der Waals surface area contributed by atoms with E-state index in [9.17, 15) is 9.59 Å². The number of hydrogen-bond acceptors (Lipinski definition) is 3. The second-order valence-electron chi connectivity index (χ2n) is 6.26. The van der Waals surface area contributed by atoms with Crippen molar-refractivity contribution < 1.29 is 14.3 Å². The summed E-state index contributed by atoms with van der Waals surface area (Å²) in [7, 11) is 0. The largest absolute Gasteiger partial charge is 0.443 e. The van der Waals surface area contributed by atoms with Crippen LogP contribution in [0.4, 0.5) is 15.3 Å². The van der Waals surface area contributed by atoms with E-state index < -0.39 is 24.3 Å². The van der Waals surface area contributed by atoms with E-state index in [0.717, 1.165) is 10.5 Å². The molecule has 0 aromatic heterocycles. The van der Waals surface area contributed by atoms with Crippen LogP contribution in [-0.2, 0) is 4.74 Å². The van der Waals surface area contributed by atoms with Crippen LogP contribution in [0.3, 0.4) is 0 Å². The number of imide groups is 1. The van der Waals surface area contributed by atoms with Gasteiger partial charge in [-0.3, -0.25) is 0 Å². The molecule has 6 heteroatoms. The molecule has 130 valence electrons. The van der Waals surface area contributed by atoms with E-state index in [2.05, 4.69) is 5.32 Å². The third-order valence-electron chi connectivity index (χ3n) is 4.12. The summed E-state index contributed by atoms with van der Waals surface area (Å²) in [5.41, 5.74) is 1.37. The van der Waals surface area contributed by atoms with Gasteiger partial charge in [-0.1, -0.05) is 61.8 Å². The number of hydrogen-bond donors (Lipinski definition) is 1. The van der Waals surface area contributed by atoms with Crippen LogP contribution in [0.5, 0.6) is 0 Å². The van der Waals surface area contributed by atoms with Crippen LogP contribution in [0.25, 0.3) is 0 Å². The van der Waals surface area contributed by atoms with E-state index in [1.807, 2.05) is 44.2 Å². The van der Waals surface area contributed by atoms with Crippen LogP contribution >= 0.6 is 11.6 Å². The molecular weight excluding hydrogens is 340 g/mol. The fourth-order valence-corrected chi connectivity index (χ4v) is 3.14. The molecule has 1 aliphatic rings. The third-order valence-corrected chi connectivity index (χ3v) is 4.35. The Balaban J connectivity index is 1.91. The van der Waals surface area contributed by atoms with Crippen molar-refractivity contribution in [3.8, 4) is 0 Å². The predicted octanol–water partition coefficient (Wildman–Crippen LogP) is 5.09. The highest BCUT2D eigenvalue weighted by Crippen LogP contribution is 2.37. The van der Waals surface area contributed by atoms with E-state index >= 15 is 0 Å². The molecule has 0 saturated carbocycles. The minimum Gasteiger partial charge on any atom is -0.443 e. The zero-order valence-electron chi connectivity index (χ0n) is 14.0. The number of anilines is 1. The van der Waals surface area contributed by atoms with Gasteiger partial charge < -0.3 is 10.1 Å². The van der Waals surface area contributed by atoms with Gasteiger partial charge in [0.25, 0.3) is 0 Å². The number of benzene rings is 2. The summed E-state index contributed by atoms with van der Waals surface area (Å²) >= 11 is 5.95. The molecule has 1 fully saturated rings. The van der Waals surface area contributed by atoms with Gasteiger partial charge in [0.05, 0.1) is 0 Å². The van der Waals surface area contributed by atoms with Crippen LogP contribution in [0.15, 0.2) is 54.6 Å². The van der Waals surface area contributed by atoms with E-state index in [-0.39, 0.29) is 5.92 Å². The van der Waals surface area contributed by atoms with Gasteiger partial charge >= 0.3 is 12.1 Å². The molecule has 5 nitrogen and oxygen atoms in total. The van der Waals surface area contributed by atoms with Crippen LogP contribution in [0, 0.1) is 5.92 Å². The number of halogens is 1. The predicted molar refractivity (Wildman–Crippen MR) is 96.6 cm³/mol. The Morgan fingerprint density at radius 2 is 1.88 bits per heavy atom. The lowest BCUT2D eigenvalue weighted by Crippen LogP contribution is -2.39. The normalized spacial score (nSPS) is 19.8. The Hall–Kier alpha value is -2.53. The van der Waals surface area contributed by atoms with Crippen molar-refractivity contribution in [2.45, 2.75) is 26.0 Å². The lowest BCUT2D eigenvalue weighted by molar-refractivity contribution is 0.102. The number of ether oxygens (including phenoxy) is 1. The number of nitrogens with zero attached hydrogens (tertiary/aromatic N) is 1. The molecule has 2 unspecified atom stereocenters. The molecule has 25 heavy (non-hydrogen) atoms. The SMILES string of the molecule is CC(C)C1OC(=O)N(C(=O)Nc2cccc(Cl)c2)C1c1ccccc1. The summed E-state index contributed by atoms with van der Waals surface area (Å²) < 4.78 is 5.49. The van der Waals surface area contributed by atoms with Crippen molar-refractivity contribution in [2.24, 2.45) is 5.92 Å². The molecule has 1 heterocycles. The van der Waals surface area contributed by atoms with Crippen molar-refractivity contribution in [2.75, 3.05) is 5.32 Å². The summed E-state index contributed by atoms with van der Waals surface area (Å²) in [6, 6.07) is 15.2. The molecule has 2 atom stereocenters. The third kappa shape index (κ3) is 3.61. The maximum absolute atomic E-state index is 12.8. The fourth-order valence-electron chi connectivity index (χ4n) is 2.95. The topological polar surface area (TPSA) is 58.6 Å². The average Bonchev–Trinajstić information content (AvgIpc) is 2.93. The molecule has 0 radical (unpaired) electrons. The molecule has 1 aliphatic heterocycles. The molecule has 2 aromatic carbocycles. The van der Waals surface area contributed by atoms with Gasteiger partial charge in [-0.25, -0.2) is 14.5 Å². The zero-order chi connectivity index (χ0) is 18.0. The summed E-state index contributed by atoms with van der Waals surface area (Å²) in [6.45, 7) is 3.93. The highest BCUT2D eigenvalue weighted by atomic mass is 35.5. The maximum atomic E-state index is 12.8. The molecule has 0 bridgehead atoms. The van der Waals surface area contributed by atoms with Gasteiger partial charge in [-0.05, 0) is 29.7 Å². The Bertz CT molecular complexity index is 779. The van der Waals surface area contributed by atoms with Crippen LogP contribution < -0.4 is 5.32 Å². The lowest BCUT2D eigenvalue weighted by atomic mass is 9.93. The summed E-state index contributed by atoms with van der Waals surface area (Å²) in [6.07, 6.45) is -1.05. The van der Waals surface area contributed by atoms with Gasteiger partial charge in [0.1, 0.15) is 12.1 Å². The Labute approximate surface area is 151 Å². The van der Waals surface area contributed by atoms with E-state index in [4.69, 9.17) is 16.3 Å². The van der Waals surface area contributed by atoms with Crippen molar-refractivity contribution >= 4 is 29.4 Å². The Morgan fingerprint density at radius 3 is 2.52 bits per heavy atom. The first kappa shape index (κ1) is 17.3. The number of urea groups is 1. The average molecular weight is 359 g/mol. The monoisotopic (exact) mass is 358 g/mol. The number of amides is 3. The molecule has 0 spiro atoms. The fraction of sp³-hybridized carbons (Fsp3) is 0.263. The van der Waals surface area contributed by atoms with Gasteiger partial charge in [0.15, 0.2) is 0 Å². The number of rotatable bonds is 3. The summed E-state index contributed by atoms with van der Waals surface area (Å²) in [4.78, 5) is 26.3. The van der Waals surface area contributed by atoms with Crippen molar-refractivity contribution in [1.29, 1.82) is 0 Å². The van der Waals surface area contributed by atoms with E-state index in [1.54, 1.807) is 24.3 Å². The first-order chi connectivity index (χ1) is 12.0. The van der Waals surface area contributed by atoms with Crippen molar-refractivity contribution in [3.05, 3.63) is 65.2 Å². The van der Waals surface area contributed by atoms with Gasteiger partial charge in [-0.15, -0.1) is 0 Å². The zero-order valence-corrected chi connectivity index (χ0v) is 14.7. The highest BCUT2D eigenvalue weighted by Gasteiger charge is 2.47. The lowest BCUT2D eigenvalue weighted by Gasteiger charge is -2.25. The second-order valence-corrected chi connectivity index (χ2v) is 6.69. The Kier molecular flexibility index (Phi) is 4.95. The quantitative estimate of drug-likeness (QED) is 0.831. The molecular formula is C19H19ClN2O3. The number of carbonyl (C=O) groups excluding carboxylic acids is 2. The highest BCUT2D eigenvalue weighted by molar-refractivity contribution is 6.30. The van der Waals surface area contributed by atoms with Crippen LogP contribution in [0.1, 0.15) is 25.5 Å². The first-order valence-electron chi connectivity index (χ1n) is 8.08. The van der Waals surface area contributed by atoms with Crippen molar-refractivity contribution in [1.82, 2.24) is 4.90 Å². The van der Waals surface area contributed by atoms with Crippen molar-refractivity contribution in [3.63, 3.8) is 0 Å². The molecule has 2 aromatic rings. The minimum atomic E-state index is -0.646.